The number of halogens is 1. The molecule has 0 spiro atoms. The number of rotatable bonds is 4. The molecule has 4 N–H and O–H groups in total. The summed E-state index contributed by atoms with van der Waals surface area (Å²) < 4.78 is 5.24. The fourth-order valence-electron chi connectivity index (χ4n) is 3.98. The lowest BCUT2D eigenvalue weighted by atomic mass is 9.86. The maximum Gasteiger partial charge on any atom is 0.181 e. The van der Waals surface area contributed by atoms with Crippen LogP contribution >= 0.6 is 24.0 Å². The van der Waals surface area contributed by atoms with E-state index in [1.54, 1.807) is 6.07 Å². The van der Waals surface area contributed by atoms with E-state index in [0.29, 0.717) is 22.6 Å². The normalized spacial score (nSPS) is 14.9. The Morgan fingerprint density at radius 1 is 1.40 bits per heavy atom. The highest BCUT2D eigenvalue weighted by Crippen LogP contribution is 2.35. The van der Waals surface area contributed by atoms with E-state index in [1.807, 2.05) is 26.0 Å². The Bertz CT molecular complexity index is 1140. The SMILES string of the molecule is Cc1nc2c(c(C)c1C#N)CCC[C@H]2Nc1ccc(N)c(C(=N)c2cnco2)c1.I.[HH].[HH]. The van der Waals surface area contributed by atoms with Crippen molar-refractivity contribution in [1.82, 2.24) is 9.97 Å². The first-order valence-electron chi connectivity index (χ1n) is 9.53. The first kappa shape index (κ1) is 21.8. The molecule has 2 heterocycles. The van der Waals surface area contributed by atoms with Crippen LogP contribution in [0.4, 0.5) is 11.4 Å². The van der Waals surface area contributed by atoms with Gasteiger partial charge in [-0.05, 0) is 62.4 Å². The van der Waals surface area contributed by atoms with Crippen molar-refractivity contribution in [2.45, 2.75) is 39.2 Å². The first-order valence-corrected chi connectivity index (χ1v) is 9.53. The van der Waals surface area contributed by atoms with Gasteiger partial charge in [-0.2, -0.15) is 5.26 Å². The summed E-state index contributed by atoms with van der Waals surface area (Å²) in [6.07, 6.45) is 5.71. The molecule has 0 bridgehead atoms. The zero-order valence-electron chi connectivity index (χ0n) is 16.8. The summed E-state index contributed by atoms with van der Waals surface area (Å²) in [4.78, 5) is 8.64. The molecule has 0 saturated carbocycles. The second-order valence-corrected chi connectivity index (χ2v) is 7.30. The van der Waals surface area contributed by atoms with E-state index in [4.69, 9.17) is 20.5 Å². The zero-order chi connectivity index (χ0) is 20.5. The molecule has 0 amide bonds. The molecule has 8 heteroatoms. The van der Waals surface area contributed by atoms with Gasteiger partial charge < -0.3 is 15.5 Å². The number of nitrogen functional groups attached to an aromatic ring is 1. The van der Waals surface area contributed by atoms with E-state index in [-0.39, 0.29) is 38.6 Å². The molecule has 1 aromatic carbocycles. The van der Waals surface area contributed by atoms with Crippen LogP contribution in [0.2, 0.25) is 0 Å². The smallest absolute Gasteiger partial charge is 0.181 e. The highest BCUT2D eigenvalue weighted by Gasteiger charge is 2.26. The van der Waals surface area contributed by atoms with Gasteiger partial charge in [0.05, 0.1) is 29.2 Å². The number of anilines is 2. The summed E-state index contributed by atoms with van der Waals surface area (Å²) in [6, 6.07) is 7.88. The number of aromatic nitrogens is 2. The van der Waals surface area contributed by atoms with Crippen molar-refractivity contribution in [1.29, 1.82) is 10.7 Å². The van der Waals surface area contributed by atoms with Gasteiger partial charge in [-0.3, -0.25) is 10.4 Å². The Morgan fingerprint density at radius 2 is 2.20 bits per heavy atom. The molecule has 0 unspecified atom stereocenters. The lowest BCUT2D eigenvalue weighted by Crippen LogP contribution is -2.21. The van der Waals surface area contributed by atoms with Gasteiger partial charge in [-0.15, -0.1) is 24.0 Å². The number of fused-ring (bicyclic) bond motifs is 1. The van der Waals surface area contributed by atoms with Crippen LogP contribution in [0.15, 0.2) is 35.2 Å². The Balaban J connectivity index is 0.00000171. The summed E-state index contributed by atoms with van der Waals surface area (Å²) in [5.41, 5.74) is 12.9. The average Bonchev–Trinajstić information content (AvgIpc) is 3.25. The zero-order valence-corrected chi connectivity index (χ0v) is 19.2. The second kappa shape index (κ2) is 8.83. The third-order valence-corrected chi connectivity index (χ3v) is 5.49. The van der Waals surface area contributed by atoms with Crippen molar-refractivity contribution in [3.63, 3.8) is 0 Å². The number of pyridine rings is 1. The molecule has 2 aromatic heterocycles. The Kier molecular flexibility index (Phi) is 6.41. The number of nitrogens with zero attached hydrogens (tertiary/aromatic N) is 3. The van der Waals surface area contributed by atoms with Crippen LogP contribution in [0.1, 0.15) is 61.1 Å². The summed E-state index contributed by atoms with van der Waals surface area (Å²) in [5, 5.41) is 21.4. The quantitative estimate of drug-likeness (QED) is 0.249. The topological polar surface area (TPSA) is 125 Å². The average molecular weight is 518 g/mol. The molecule has 3 aromatic rings. The molecular weight excluding hydrogens is 491 g/mol. The van der Waals surface area contributed by atoms with E-state index in [9.17, 15) is 5.26 Å². The lowest BCUT2D eigenvalue weighted by molar-refractivity contribution is 0.548. The first-order chi connectivity index (χ1) is 14.0. The number of nitrogens with two attached hydrogens (primary N) is 1. The van der Waals surface area contributed by atoms with E-state index < -0.39 is 0 Å². The van der Waals surface area contributed by atoms with Crippen LogP contribution < -0.4 is 11.1 Å². The predicted molar refractivity (Wildman–Crippen MR) is 131 cm³/mol. The largest absolute Gasteiger partial charge is 0.442 e. The Morgan fingerprint density at radius 3 is 2.90 bits per heavy atom. The number of nitriles is 1. The number of benzene rings is 1. The molecular formula is C22H27IN6O. The number of hydrogen-bond acceptors (Lipinski definition) is 7. The van der Waals surface area contributed by atoms with Gasteiger partial charge in [0.15, 0.2) is 12.2 Å². The third-order valence-electron chi connectivity index (χ3n) is 5.49. The van der Waals surface area contributed by atoms with Crippen LogP contribution in [0, 0.1) is 30.6 Å². The monoisotopic (exact) mass is 518 g/mol. The van der Waals surface area contributed by atoms with Gasteiger partial charge in [0.2, 0.25) is 0 Å². The maximum atomic E-state index is 9.44. The molecule has 158 valence electrons. The molecule has 1 atom stereocenters. The van der Waals surface area contributed by atoms with E-state index >= 15 is 0 Å². The highest BCUT2D eigenvalue weighted by atomic mass is 127. The maximum absolute atomic E-state index is 9.44. The number of aryl methyl sites for hydroxylation is 1. The van der Waals surface area contributed by atoms with Crippen LogP contribution in [-0.2, 0) is 6.42 Å². The summed E-state index contributed by atoms with van der Waals surface area (Å²) in [5.74, 6) is 0.369. The molecule has 0 aliphatic heterocycles. The van der Waals surface area contributed by atoms with Gasteiger partial charge in [-0.25, -0.2) is 4.98 Å². The Labute approximate surface area is 195 Å². The fourth-order valence-corrected chi connectivity index (χ4v) is 3.98. The molecule has 1 aliphatic carbocycles. The van der Waals surface area contributed by atoms with E-state index in [0.717, 1.165) is 41.9 Å². The van der Waals surface area contributed by atoms with E-state index in [1.165, 1.54) is 18.2 Å². The van der Waals surface area contributed by atoms with Crippen molar-refractivity contribution < 1.29 is 7.27 Å². The minimum absolute atomic E-state index is 0. The van der Waals surface area contributed by atoms with Crippen LogP contribution in [0.5, 0.6) is 0 Å². The fraction of sp³-hybridized carbons (Fsp3) is 0.273. The Hall–Kier alpha value is -2.93. The summed E-state index contributed by atoms with van der Waals surface area (Å²) in [7, 11) is 0. The minimum Gasteiger partial charge on any atom is -0.442 e. The highest BCUT2D eigenvalue weighted by molar-refractivity contribution is 14.0. The van der Waals surface area contributed by atoms with Crippen molar-refractivity contribution >= 4 is 41.1 Å². The molecule has 7 nitrogen and oxygen atoms in total. The predicted octanol–water partition coefficient (Wildman–Crippen LogP) is 5.16. The van der Waals surface area contributed by atoms with Gasteiger partial charge in [0.1, 0.15) is 11.8 Å². The number of nitrogens with one attached hydrogen (secondary N) is 2. The van der Waals surface area contributed by atoms with Crippen molar-refractivity contribution in [3.8, 4) is 6.07 Å². The van der Waals surface area contributed by atoms with Crippen LogP contribution in [0.25, 0.3) is 0 Å². The third kappa shape index (κ3) is 3.89. The standard InChI is InChI=1S/C22H22N6O.HI.2H2/c1-12-15-4-3-5-19(22(15)27-13(2)17(12)9-23)28-14-6-7-18(24)16(8-14)21(25)20-10-26-11-29-20;;;/h6-8,10-11,19,25,28H,3-5,24H2,1-2H3;3*1H/t19-;;;/m1.../s1. The molecule has 30 heavy (non-hydrogen) atoms. The molecule has 0 saturated heterocycles. The molecule has 0 radical (unpaired) electrons. The molecule has 1 aliphatic rings. The van der Waals surface area contributed by atoms with Crippen molar-refractivity contribution in [2.75, 3.05) is 11.1 Å². The second-order valence-electron chi connectivity index (χ2n) is 7.30. The van der Waals surface area contributed by atoms with Crippen LogP contribution in [0.3, 0.4) is 0 Å². The summed E-state index contributed by atoms with van der Waals surface area (Å²) >= 11 is 0. The number of hydrogen-bond donors (Lipinski definition) is 3. The van der Waals surface area contributed by atoms with Gasteiger partial charge in [-0.1, -0.05) is 0 Å². The van der Waals surface area contributed by atoms with Gasteiger partial charge in [0.25, 0.3) is 0 Å². The van der Waals surface area contributed by atoms with Crippen molar-refractivity contribution in [2.24, 2.45) is 0 Å². The minimum atomic E-state index is 0. The van der Waals surface area contributed by atoms with Crippen molar-refractivity contribution in [3.05, 3.63) is 70.2 Å². The number of oxazole rings is 1. The summed E-state index contributed by atoms with van der Waals surface area (Å²) in [6.45, 7) is 3.89. The molecule has 4 rings (SSSR count). The molecule has 0 fully saturated rings. The van der Waals surface area contributed by atoms with Crippen LogP contribution in [-0.4, -0.2) is 15.7 Å². The lowest BCUT2D eigenvalue weighted by Gasteiger charge is -2.28. The van der Waals surface area contributed by atoms with E-state index in [2.05, 4.69) is 16.4 Å². The van der Waals surface area contributed by atoms with Gasteiger partial charge in [0, 0.05) is 19.8 Å². The van der Waals surface area contributed by atoms with Gasteiger partial charge >= 0.3 is 0 Å².